The number of fused-ring (bicyclic) bond motifs is 6. The first-order valence-corrected chi connectivity index (χ1v) is 20.6. The number of aromatic amines is 3. The smallest absolute Gasteiger partial charge is 0.0884 e. The van der Waals surface area contributed by atoms with Crippen molar-refractivity contribution < 1.29 is 4.74 Å². The van der Waals surface area contributed by atoms with Gasteiger partial charge in [0.25, 0.3) is 0 Å². The van der Waals surface area contributed by atoms with Crippen molar-refractivity contribution in [3.8, 4) is 0 Å². The third kappa shape index (κ3) is 9.99. The van der Waals surface area contributed by atoms with Gasteiger partial charge in [-0.2, -0.15) is 0 Å². The lowest BCUT2D eigenvalue weighted by Gasteiger charge is -2.32. The Morgan fingerprint density at radius 2 is 1.52 bits per heavy atom. The first-order chi connectivity index (χ1) is 26.3. The number of H-pyrrole nitrogens is 3. The first-order valence-electron chi connectivity index (χ1n) is 20.6. The molecule has 6 bridgehead atoms. The molecule has 6 heteroatoms. The molecule has 5 N–H and O–H groups in total. The zero-order valence-corrected chi connectivity index (χ0v) is 36.6. The molecule has 56 heavy (non-hydrogen) atoms. The maximum atomic E-state index is 9.61. The number of hydrogen-bond acceptors (Lipinski definition) is 3. The van der Waals surface area contributed by atoms with Gasteiger partial charge in [-0.05, 0) is 123 Å². The van der Waals surface area contributed by atoms with Crippen molar-refractivity contribution in [3.63, 3.8) is 0 Å². The van der Waals surface area contributed by atoms with Gasteiger partial charge in [-0.15, -0.1) is 0 Å². The van der Waals surface area contributed by atoms with Gasteiger partial charge in [0.15, 0.2) is 0 Å². The number of methoxy groups -OCH3 is 1. The molecule has 0 fully saturated rings. The minimum absolute atomic E-state index is 0.0712. The molecule has 0 spiro atoms. The van der Waals surface area contributed by atoms with Crippen LogP contribution in [0.1, 0.15) is 132 Å². The first kappa shape index (κ1) is 44.0. The molecule has 0 saturated heterocycles. The van der Waals surface area contributed by atoms with E-state index in [1.54, 1.807) is 7.11 Å². The Balaban J connectivity index is 2.11. The van der Waals surface area contributed by atoms with Gasteiger partial charge in [0.2, 0.25) is 0 Å². The van der Waals surface area contributed by atoms with Crippen LogP contribution in [0, 0.1) is 49.3 Å². The van der Waals surface area contributed by atoms with Gasteiger partial charge in [0.1, 0.15) is 0 Å². The molecule has 0 aromatic carbocycles. The van der Waals surface area contributed by atoms with Crippen LogP contribution in [-0.4, -0.2) is 34.3 Å². The molecule has 3 atom stereocenters. The van der Waals surface area contributed by atoms with Crippen molar-refractivity contribution in [2.45, 2.75) is 114 Å². The van der Waals surface area contributed by atoms with Crippen molar-refractivity contribution in [1.29, 1.82) is 5.41 Å². The average Bonchev–Trinajstić information content (AvgIpc) is 3.73. The highest BCUT2D eigenvalue weighted by Crippen LogP contribution is 2.36. The fraction of sp³-hybridized carbons (Fsp3) is 0.460. The standard InChI is InChI=1S/C50H71N5O/c1-17-29(4)24-41-32(7)40(21-20-31(6)56-16)33(8)42(51)25-43-34(9)38(18-2)46(53-43)26-44-35(10)39(19-3)47(54-44)27-45-36(11)48(49(41)55-45)37(12)52-23-22-30(5)28-50(13,14)15/h18,25-27,32-33,40,51-55H,2,4-6,12,17,19-24,28H2,1,3,7-11,13-16H3/b43-25?,45-27-,46-26?,49-41-,51-42?/t32?,33-,40+/m0/s1. The molecular weight excluding hydrogens is 687 g/mol. The van der Waals surface area contributed by atoms with Gasteiger partial charge in [-0.1, -0.05) is 98.6 Å². The fourth-order valence-corrected chi connectivity index (χ4v) is 8.57. The zero-order valence-electron chi connectivity index (χ0n) is 36.6. The van der Waals surface area contributed by atoms with Crippen molar-refractivity contribution >= 4 is 41.3 Å². The second-order valence-corrected chi connectivity index (χ2v) is 17.4. The second kappa shape index (κ2) is 18.5. The maximum Gasteiger partial charge on any atom is 0.0884 e. The van der Waals surface area contributed by atoms with Crippen molar-refractivity contribution in [2.24, 2.45) is 23.2 Å². The Morgan fingerprint density at radius 3 is 2.12 bits per heavy atom. The molecule has 6 nitrogen and oxygen atoms in total. The summed E-state index contributed by atoms with van der Waals surface area (Å²) in [6.45, 7) is 45.0. The lowest BCUT2D eigenvalue weighted by molar-refractivity contribution is 0.254. The van der Waals surface area contributed by atoms with Crippen LogP contribution in [0.15, 0.2) is 49.8 Å². The fourth-order valence-electron chi connectivity index (χ4n) is 8.57. The molecule has 302 valence electrons. The quantitative estimate of drug-likeness (QED) is 0.0790. The van der Waals surface area contributed by atoms with Crippen LogP contribution in [-0.2, 0) is 11.2 Å². The zero-order chi connectivity index (χ0) is 41.6. The van der Waals surface area contributed by atoms with Crippen molar-refractivity contribution in [1.82, 2.24) is 20.3 Å². The summed E-state index contributed by atoms with van der Waals surface area (Å²) in [6, 6.07) is 0. The maximum absolute atomic E-state index is 9.61. The van der Waals surface area contributed by atoms with Crippen LogP contribution in [0.4, 0.5) is 0 Å². The second-order valence-electron chi connectivity index (χ2n) is 17.4. The lowest BCUT2D eigenvalue weighted by Crippen LogP contribution is -2.31. The van der Waals surface area contributed by atoms with Crippen LogP contribution in [0.25, 0.3) is 35.6 Å². The van der Waals surface area contributed by atoms with Gasteiger partial charge in [-0.25, -0.2) is 0 Å². The molecule has 3 aromatic heterocycles. The molecule has 0 amide bonds. The van der Waals surface area contributed by atoms with E-state index in [0.717, 1.165) is 112 Å². The number of aromatic nitrogens is 3. The summed E-state index contributed by atoms with van der Waals surface area (Å²) in [4.78, 5) is 11.4. The summed E-state index contributed by atoms with van der Waals surface area (Å²) in [6.07, 6.45) is 14.3. The van der Waals surface area contributed by atoms with E-state index < -0.39 is 0 Å². The Bertz CT molecular complexity index is 2260. The van der Waals surface area contributed by atoms with E-state index in [4.69, 9.17) is 4.74 Å². The molecule has 3 aromatic rings. The van der Waals surface area contributed by atoms with Gasteiger partial charge < -0.3 is 30.4 Å². The molecule has 1 aliphatic rings. The Labute approximate surface area is 337 Å². The van der Waals surface area contributed by atoms with Crippen LogP contribution in [0.2, 0.25) is 0 Å². The number of nitrogens with one attached hydrogen (secondary N) is 5. The van der Waals surface area contributed by atoms with Gasteiger partial charge in [0, 0.05) is 74.2 Å². The Kier molecular flexibility index (Phi) is 14.5. The summed E-state index contributed by atoms with van der Waals surface area (Å²) in [7, 11) is 1.69. The Hall–Kier alpha value is -4.71. The third-order valence-corrected chi connectivity index (χ3v) is 12.1. The summed E-state index contributed by atoms with van der Waals surface area (Å²) >= 11 is 0. The largest absolute Gasteiger partial charge is 0.502 e. The van der Waals surface area contributed by atoms with E-state index in [-0.39, 0.29) is 23.2 Å². The number of allylic oxidation sites excluding steroid dienone is 2. The van der Waals surface area contributed by atoms with E-state index in [0.29, 0.717) is 12.1 Å². The molecule has 0 radical (unpaired) electrons. The highest BCUT2D eigenvalue weighted by Gasteiger charge is 2.30. The normalized spacial score (nSPS) is 18.9. The molecule has 4 rings (SSSR count). The summed E-state index contributed by atoms with van der Waals surface area (Å²) < 4.78 is 5.59. The predicted molar refractivity (Wildman–Crippen MR) is 243 cm³/mol. The van der Waals surface area contributed by atoms with Gasteiger partial charge in [-0.3, -0.25) is 0 Å². The van der Waals surface area contributed by atoms with E-state index in [9.17, 15) is 5.41 Å². The van der Waals surface area contributed by atoms with E-state index in [2.05, 4.69) is 135 Å². The van der Waals surface area contributed by atoms with Crippen LogP contribution >= 0.6 is 0 Å². The Morgan fingerprint density at radius 1 is 0.857 bits per heavy atom. The highest BCUT2D eigenvalue weighted by atomic mass is 16.5. The van der Waals surface area contributed by atoms with E-state index in [1.165, 1.54) is 27.8 Å². The lowest BCUT2D eigenvalue weighted by atomic mass is 9.73. The SMILES string of the molecule is C=Cc1c(C)c2[nH]c1=Cc1[nH]c(c(CC)c1C)/C=c1\[nH]/c(c(C(=C)NCCC(=C)CC(C)(C)C)c1C)=C(/CC(=C)CC)C(C)[C@@H](CCC(=C)OC)[C@H](C)C(=N)C=2. The summed E-state index contributed by atoms with van der Waals surface area (Å²) in [5, 5.41) is 17.4. The molecule has 0 saturated carbocycles. The predicted octanol–water partition coefficient (Wildman–Crippen LogP) is 9.55. The van der Waals surface area contributed by atoms with Crippen molar-refractivity contribution in [3.05, 3.63) is 116 Å². The third-order valence-electron chi connectivity index (χ3n) is 12.1. The molecule has 4 heterocycles. The van der Waals surface area contributed by atoms with E-state index >= 15 is 0 Å². The van der Waals surface area contributed by atoms with Crippen molar-refractivity contribution in [2.75, 3.05) is 13.7 Å². The highest BCUT2D eigenvalue weighted by molar-refractivity contribution is 6.09. The number of hydrogen-bond donors (Lipinski definition) is 5. The van der Waals surface area contributed by atoms with Crippen LogP contribution in [0.5, 0.6) is 0 Å². The van der Waals surface area contributed by atoms with Gasteiger partial charge in [0.05, 0.1) is 12.9 Å². The minimum Gasteiger partial charge on any atom is -0.502 e. The molecule has 0 aliphatic carbocycles. The van der Waals surface area contributed by atoms with Crippen LogP contribution in [0.3, 0.4) is 0 Å². The number of ether oxygens (including phenoxy) is 1. The summed E-state index contributed by atoms with van der Waals surface area (Å²) in [5.74, 6) is 0.865. The molecule has 1 aliphatic heterocycles. The molecular formula is C50H71N5O. The van der Waals surface area contributed by atoms with E-state index in [1.807, 2.05) is 12.2 Å². The average molecular weight is 758 g/mol. The number of rotatable bonds is 15. The topological polar surface area (TPSA) is 92.5 Å². The minimum atomic E-state index is -0.0712. The monoisotopic (exact) mass is 758 g/mol. The summed E-state index contributed by atoms with van der Waals surface area (Å²) in [5.41, 5.74) is 14.4. The molecule has 1 unspecified atom stereocenters. The van der Waals surface area contributed by atoms with Crippen LogP contribution < -0.4 is 26.7 Å². The van der Waals surface area contributed by atoms with Gasteiger partial charge >= 0.3 is 0 Å².